The maximum atomic E-state index is 13.3. The summed E-state index contributed by atoms with van der Waals surface area (Å²) in [4.78, 5) is 82.8. The highest BCUT2D eigenvalue weighted by Crippen LogP contribution is 2.29. The molecule has 0 saturated carbocycles. The number of esters is 1. The van der Waals surface area contributed by atoms with Crippen LogP contribution in [0.2, 0.25) is 0 Å². The molecule has 2 saturated heterocycles. The van der Waals surface area contributed by atoms with Crippen LogP contribution in [0.15, 0.2) is 84.9 Å². The number of hydrogen-bond acceptors (Lipinski definition) is 9. The van der Waals surface area contributed by atoms with Gasteiger partial charge in [-0.3, -0.25) is 19.4 Å². The Balaban J connectivity index is 0.000000276. The smallest absolute Gasteiger partial charge is 0.350 e. The van der Waals surface area contributed by atoms with Crippen molar-refractivity contribution in [2.75, 3.05) is 13.1 Å². The van der Waals surface area contributed by atoms with Crippen molar-refractivity contribution < 1.29 is 48.1 Å². The van der Waals surface area contributed by atoms with Crippen molar-refractivity contribution in [3.05, 3.63) is 129 Å². The predicted octanol–water partition coefficient (Wildman–Crippen LogP) is 11.5. The average Bonchev–Trinajstić information content (AvgIpc) is 3.67. The number of carbonyl (C=O) groups excluding carboxylic acids is 5. The van der Waals surface area contributed by atoms with Crippen molar-refractivity contribution in [1.29, 1.82) is 0 Å². The van der Waals surface area contributed by atoms with Crippen molar-refractivity contribution in [3.63, 3.8) is 0 Å². The van der Waals surface area contributed by atoms with Crippen molar-refractivity contribution in [2.24, 2.45) is 0 Å². The van der Waals surface area contributed by atoms with Gasteiger partial charge in [-0.05, 0) is 196 Å². The topological polar surface area (TPSA) is 163 Å². The monoisotopic (exact) mass is 1020 g/mol. The number of benzene rings is 4. The number of carboxylic acids is 1. The van der Waals surface area contributed by atoms with Crippen LogP contribution in [0.25, 0.3) is 0 Å². The second-order valence-corrected chi connectivity index (χ2v) is 21.8. The van der Waals surface area contributed by atoms with Crippen LogP contribution in [0.3, 0.4) is 0 Å². The zero-order valence-electron chi connectivity index (χ0n) is 46.1. The van der Waals surface area contributed by atoms with Gasteiger partial charge in [-0.1, -0.05) is 74.5 Å². The van der Waals surface area contributed by atoms with E-state index in [1.54, 1.807) is 35.8 Å². The highest BCUT2D eigenvalue weighted by atomic mass is 16.6. The number of hydrogen-bond donors (Lipinski definition) is 1. The van der Waals surface area contributed by atoms with Gasteiger partial charge >= 0.3 is 24.0 Å². The van der Waals surface area contributed by atoms with Gasteiger partial charge in [0.2, 0.25) is 0 Å². The van der Waals surface area contributed by atoms with Gasteiger partial charge in [0.25, 0.3) is 11.8 Å². The standard InChI is InChI=1S/C32H44N2O5.C28H36N2O5/c1-9-19-33-27(28(35)34(30(33)37)21-25-14-13-22(2)23(3)20-25)12-10-11-24-15-17-26(18-16-24)38-32(7,8)29(36)39-31(4,5)6;1-6-16-29-24(25(31)30(27(29)34)18-22-11-10-19(2)20(3)17-22)9-7-8-21-12-14-23(15-13-21)35-28(4,5)26(32)33/h13-18,20,27H,9-12,19,21H2,1-8H3;10-15,17,24H,6-9,16,18H2,1-5H3,(H,32,33). The summed E-state index contributed by atoms with van der Waals surface area (Å²) >= 11 is 0. The first-order chi connectivity index (χ1) is 34.7. The van der Waals surface area contributed by atoms with Crippen LogP contribution >= 0.6 is 0 Å². The van der Waals surface area contributed by atoms with Gasteiger partial charge in [0.15, 0.2) is 11.2 Å². The second-order valence-electron chi connectivity index (χ2n) is 21.8. The fraction of sp³-hybridized carbons (Fsp3) is 0.500. The summed E-state index contributed by atoms with van der Waals surface area (Å²) in [5.74, 6) is -0.601. The molecule has 0 aromatic heterocycles. The molecule has 0 radical (unpaired) electrons. The Labute approximate surface area is 439 Å². The zero-order chi connectivity index (χ0) is 54.7. The van der Waals surface area contributed by atoms with E-state index < -0.39 is 40.8 Å². The molecule has 1 N–H and O–H groups in total. The van der Waals surface area contributed by atoms with E-state index in [0.29, 0.717) is 50.5 Å². The van der Waals surface area contributed by atoms with Gasteiger partial charge in [0.1, 0.15) is 29.2 Å². The number of aliphatic carboxylic acids is 1. The number of carboxylic acid groups (broad SMARTS) is 1. The Hall–Kier alpha value is -6.70. The van der Waals surface area contributed by atoms with Gasteiger partial charge in [0.05, 0.1) is 13.1 Å². The number of imide groups is 2. The maximum absolute atomic E-state index is 13.3. The largest absolute Gasteiger partial charge is 0.478 e. The first kappa shape index (κ1) is 58.2. The van der Waals surface area contributed by atoms with Crippen LogP contribution in [0.4, 0.5) is 9.59 Å². The molecule has 2 aliphatic rings. The number of nitrogens with zero attached hydrogens (tertiary/aromatic N) is 4. The predicted molar refractivity (Wildman–Crippen MR) is 287 cm³/mol. The van der Waals surface area contributed by atoms with E-state index in [-0.39, 0.29) is 23.9 Å². The van der Waals surface area contributed by atoms with Crippen molar-refractivity contribution in [3.8, 4) is 11.5 Å². The summed E-state index contributed by atoms with van der Waals surface area (Å²) in [6.07, 6.45) is 5.83. The van der Waals surface area contributed by atoms with E-state index in [2.05, 4.69) is 13.0 Å². The molecule has 0 spiro atoms. The summed E-state index contributed by atoms with van der Waals surface area (Å²) in [7, 11) is 0. The molecule has 4 aromatic carbocycles. The fourth-order valence-electron chi connectivity index (χ4n) is 8.92. The van der Waals surface area contributed by atoms with Crippen LogP contribution in [-0.4, -0.2) is 102 Å². The Morgan fingerprint density at radius 1 is 0.527 bits per heavy atom. The Kier molecular flexibility index (Phi) is 19.7. The van der Waals surface area contributed by atoms with Crippen molar-refractivity contribution in [2.45, 2.75) is 183 Å². The van der Waals surface area contributed by atoms with E-state index in [9.17, 15) is 33.9 Å². The lowest BCUT2D eigenvalue weighted by Gasteiger charge is -2.29. The molecular formula is C60H80N4O10. The van der Waals surface area contributed by atoms with Gasteiger partial charge in [-0.15, -0.1) is 0 Å². The molecule has 2 heterocycles. The zero-order valence-corrected chi connectivity index (χ0v) is 46.1. The quantitative estimate of drug-likeness (QED) is 0.0592. The first-order valence-electron chi connectivity index (χ1n) is 26.1. The second kappa shape index (κ2) is 25.0. The molecule has 6 rings (SSSR count). The number of carbonyl (C=O) groups is 6. The molecule has 2 fully saturated rings. The Bertz CT molecular complexity index is 2620. The van der Waals surface area contributed by atoms with Crippen LogP contribution in [0.5, 0.6) is 11.5 Å². The average molecular weight is 1020 g/mol. The minimum Gasteiger partial charge on any atom is -0.478 e. The lowest BCUT2D eigenvalue weighted by atomic mass is 10.0. The fourth-order valence-corrected chi connectivity index (χ4v) is 8.92. The summed E-state index contributed by atoms with van der Waals surface area (Å²) in [6.45, 7) is 25.8. The number of urea groups is 2. The molecule has 6 amide bonds. The summed E-state index contributed by atoms with van der Waals surface area (Å²) in [5, 5.41) is 9.22. The number of ether oxygens (including phenoxy) is 3. The van der Waals surface area contributed by atoms with E-state index in [0.717, 1.165) is 71.9 Å². The molecular weight excluding hydrogens is 937 g/mol. The highest BCUT2D eigenvalue weighted by molar-refractivity contribution is 6.04. The summed E-state index contributed by atoms with van der Waals surface area (Å²) in [5.41, 5.74) is 5.76. The molecule has 4 aromatic rings. The molecule has 2 atom stereocenters. The van der Waals surface area contributed by atoms with E-state index in [4.69, 9.17) is 14.2 Å². The third kappa shape index (κ3) is 15.4. The maximum Gasteiger partial charge on any atom is 0.350 e. The third-order valence-corrected chi connectivity index (χ3v) is 13.4. The van der Waals surface area contributed by atoms with Gasteiger partial charge in [-0.2, -0.15) is 0 Å². The molecule has 2 unspecified atom stereocenters. The molecule has 2 aliphatic heterocycles. The van der Waals surface area contributed by atoms with Gasteiger partial charge in [-0.25, -0.2) is 19.2 Å². The Morgan fingerprint density at radius 3 is 1.23 bits per heavy atom. The Morgan fingerprint density at radius 2 is 0.892 bits per heavy atom. The molecule has 400 valence electrons. The lowest BCUT2D eigenvalue weighted by Crippen LogP contribution is -2.43. The van der Waals surface area contributed by atoms with E-state index >= 15 is 0 Å². The van der Waals surface area contributed by atoms with Crippen molar-refractivity contribution >= 4 is 35.8 Å². The summed E-state index contributed by atoms with van der Waals surface area (Å²) < 4.78 is 16.9. The van der Waals surface area contributed by atoms with Gasteiger partial charge < -0.3 is 29.1 Å². The minimum absolute atomic E-state index is 0.111. The normalized spacial score (nSPS) is 16.2. The van der Waals surface area contributed by atoms with Crippen molar-refractivity contribution in [1.82, 2.24) is 19.6 Å². The van der Waals surface area contributed by atoms with Crippen LogP contribution < -0.4 is 9.47 Å². The highest BCUT2D eigenvalue weighted by Gasteiger charge is 2.45. The van der Waals surface area contributed by atoms with E-state index in [1.165, 1.54) is 34.8 Å². The molecule has 0 aliphatic carbocycles. The van der Waals surface area contributed by atoms with Gasteiger partial charge in [0, 0.05) is 13.1 Å². The molecule has 14 nitrogen and oxygen atoms in total. The lowest BCUT2D eigenvalue weighted by molar-refractivity contribution is -0.171. The first-order valence-corrected chi connectivity index (χ1v) is 26.1. The van der Waals surface area contributed by atoms with Crippen LogP contribution in [0, 0.1) is 27.7 Å². The molecule has 74 heavy (non-hydrogen) atoms. The molecule has 14 heteroatoms. The number of rotatable bonds is 22. The summed E-state index contributed by atoms with van der Waals surface area (Å²) in [6, 6.07) is 25.8. The molecule has 0 bridgehead atoms. The van der Waals surface area contributed by atoms with E-state index in [1.807, 2.05) is 122 Å². The SMILES string of the molecule is CCCN1C(=O)N(Cc2ccc(C)c(C)c2)C(=O)C1CCCc1ccc(OC(C)(C)C(=O)O)cc1.CCCN1C(=O)N(Cc2ccc(C)c(C)c2)C(=O)C1CCCc1ccc(OC(C)(C)C(=O)OC(C)(C)C)cc1. The van der Waals surface area contributed by atoms with Crippen LogP contribution in [0.1, 0.15) is 145 Å². The third-order valence-electron chi connectivity index (χ3n) is 13.4. The number of amides is 6. The van der Waals surface area contributed by atoms with Crippen LogP contribution in [-0.2, 0) is 49.8 Å². The minimum atomic E-state index is -1.30. The number of aryl methyl sites for hydroxylation is 6.